The maximum atomic E-state index is 13.2. The van der Waals surface area contributed by atoms with Crippen LogP contribution in [0.5, 0.6) is 0 Å². The van der Waals surface area contributed by atoms with Crippen LogP contribution in [0.25, 0.3) is 0 Å². The molecular formula is C16H15ClF2N2O. The predicted molar refractivity (Wildman–Crippen MR) is 81.6 cm³/mol. The van der Waals surface area contributed by atoms with Crippen molar-refractivity contribution < 1.29 is 13.6 Å². The number of hydrogen-bond donors (Lipinski definition) is 2. The molecule has 0 aliphatic carbocycles. The Labute approximate surface area is 132 Å². The summed E-state index contributed by atoms with van der Waals surface area (Å²) in [6.07, 6.45) is 0. The highest BCUT2D eigenvalue weighted by Gasteiger charge is 2.11. The second-order valence-corrected chi connectivity index (χ2v) is 5.29. The van der Waals surface area contributed by atoms with Crippen LogP contribution in [0, 0.1) is 11.6 Å². The number of amides is 2. The fraction of sp³-hybridized carbons (Fsp3) is 0.188. The molecule has 2 aromatic rings. The van der Waals surface area contributed by atoms with Crippen LogP contribution in [-0.4, -0.2) is 6.03 Å². The molecule has 0 aromatic heterocycles. The first kappa shape index (κ1) is 16.2. The summed E-state index contributed by atoms with van der Waals surface area (Å²) in [6.45, 7) is 2.03. The first-order valence-corrected chi connectivity index (χ1v) is 7.07. The van der Waals surface area contributed by atoms with Gasteiger partial charge in [-0.25, -0.2) is 13.6 Å². The summed E-state index contributed by atoms with van der Waals surface area (Å²) in [4.78, 5) is 11.8. The van der Waals surface area contributed by atoms with Gasteiger partial charge in [-0.1, -0.05) is 29.8 Å². The molecule has 0 fully saturated rings. The molecule has 3 nitrogen and oxygen atoms in total. The van der Waals surface area contributed by atoms with Crippen LogP contribution < -0.4 is 10.6 Å². The summed E-state index contributed by atoms with van der Waals surface area (Å²) in [5.41, 5.74) is 1.39. The summed E-state index contributed by atoms with van der Waals surface area (Å²) in [5.74, 6) is -1.85. The first-order valence-electron chi connectivity index (χ1n) is 6.69. The maximum absolute atomic E-state index is 13.2. The summed E-state index contributed by atoms with van der Waals surface area (Å²) in [5, 5.41) is 5.97. The number of nitrogens with one attached hydrogen (secondary N) is 2. The smallest absolute Gasteiger partial charge is 0.315 e. The van der Waals surface area contributed by atoms with Crippen LogP contribution in [0.15, 0.2) is 42.5 Å². The van der Waals surface area contributed by atoms with E-state index in [1.165, 1.54) is 6.07 Å². The number of carbonyl (C=O) groups excluding carboxylic acids is 1. The van der Waals surface area contributed by atoms with Crippen molar-refractivity contribution in [3.05, 3.63) is 70.2 Å². The third-order valence-corrected chi connectivity index (χ3v) is 3.41. The summed E-state index contributed by atoms with van der Waals surface area (Å²) >= 11 is 5.78. The summed E-state index contributed by atoms with van der Waals surface area (Å²) in [6, 6.07) is 9.78. The average molecular weight is 325 g/mol. The Hall–Kier alpha value is -2.14. The molecule has 0 bridgehead atoms. The van der Waals surface area contributed by atoms with Crippen molar-refractivity contribution in [1.29, 1.82) is 0 Å². The lowest BCUT2D eigenvalue weighted by atomic mass is 10.1. The Kier molecular flexibility index (Phi) is 5.33. The van der Waals surface area contributed by atoms with E-state index in [-0.39, 0.29) is 0 Å². The average Bonchev–Trinajstić information content (AvgIpc) is 2.49. The summed E-state index contributed by atoms with van der Waals surface area (Å²) < 4.78 is 26.0. The SMILES string of the molecule is CC(NC(=O)NCc1ccc(Cl)cc1)c1ccc(F)c(F)c1. The van der Waals surface area contributed by atoms with Gasteiger partial charge in [0.2, 0.25) is 0 Å². The standard InChI is InChI=1S/C16H15ClF2N2O/c1-10(12-4-7-14(18)15(19)8-12)21-16(22)20-9-11-2-5-13(17)6-3-11/h2-8,10H,9H2,1H3,(H2,20,21,22). The molecule has 6 heteroatoms. The van der Waals surface area contributed by atoms with Gasteiger partial charge in [-0.2, -0.15) is 0 Å². The fourth-order valence-corrected chi connectivity index (χ4v) is 2.02. The Balaban J connectivity index is 1.88. The largest absolute Gasteiger partial charge is 0.334 e. The van der Waals surface area contributed by atoms with Crippen LogP contribution in [0.2, 0.25) is 5.02 Å². The van der Waals surface area contributed by atoms with Gasteiger partial charge in [-0.15, -0.1) is 0 Å². The molecule has 0 saturated carbocycles. The van der Waals surface area contributed by atoms with E-state index in [1.54, 1.807) is 31.2 Å². The zero-order chi connectivity index (χ0) is 16.1. The summed E-state index contributed by atoms with van der Waals surface area (Å²) in [7, 11) is 0. The Morgan fingerprint density at radius 2 is 1.82 bits per heavy atom. The topological polar surface area (TPSA) is 41.1 Å². The number of hydrogen-bond acceptors (Lipinski definition) is 1. The van der Waals surface area contributed by atoms with E-state index in [4.69, 9.17) is 11.6 Å². The van der Waals surface area contributed by atoms with E-state index >= 15 is 0 Å². The van der Waals surface area contributed by atoms with Gasteiger partial charge in [0.25, 0.3) is 0 Å². The molecule has 2 N–H and O–H groups in total. The Morgan fingerprint density at radius 3 is 2.45 bits per heavy atom. The molecule has 2 rings (SSSR count). The first-order chi connectivity index (χ1) is 10.5. The molecule has 0 aliphatic rings. The van der Waals surface area contributed by atoms with Crippen LogP contribution in [0.4, 0.5) is 13.6 Å². The molecule has 0 saturated heterocycles. The second kappa shape index (κ2) is 7.22. The molecule has 1 unspecified atom stereocenters. The van der Waals surface area contributed by atoms with Crippen molar-refractivity contribution in [3.63, 3.8) is 0 Å². The Bertz CT molecular complexity index is 662. The number of benzene rings is 2. The number of rotatable bonds is 4. The number of urea groups is 1. The van der Waals surface area contributed by atoms with Gasteiger partial charge in [0.05, 0.1) is 6.04 Å². The van der Waals surface area contributed by atoms with E-state index in [2.05, 4.69) is 10.6 Å². The third kappa shape index (κ3) is 4.43. The van der Waals surface area contributed by atoms with Gasteiger partial charge in [0.15, 0.2) is 11.6 Å². The monoisotopic (exact) mass is 324 g/mol. The minimum atomic E-state index is -0.937. The van der Waals surface area contributed by atoms with Gasteiger partial charge >= 0.3 is 6.03 Å². The molecule has 0 radical (unpaired) electrons. The van der Waals surface area contributed by atoms with E-state index in [0.29, 0.717) is 17.1 Å². The van der Waals surface area contributed by atoms with Crippen LogP contribution >= 0.6 is 11.6 Å². The van der Waals surface area contributed by atoms with Gasteiger partial charge in [-0.3, -0.25) is 0 Å². The van der Waals surface area contributed by atoms with Gasteiger partial charge in [-0.05, 0) is 42.3 Å². The van der Waals surface area contributed by atoms with E-state index in [9.17, 15) is 13.6 Å². The van der Waals surface area contributed by atoms with Crippen LogP contribution in [-0.2, 0) is 6.54 Å². The van der Waals surface area contributed by atoms with Crippen molar-refractivity contribution in [2.45, 2.75) is 19.5 Å². The molecule has 116 valence electrons. The number of carbonyl (C=O) groups is 1. The van der Waals surface area contributed by atoms with E-state index in [0.717, 1.165) is 17.7 Å². The van der Waals surface area contributed by atoms with Crippen LogP contribution in [0.1, 0.15) is 24.1 Å². The van der Waals surface area contributed by atoms with Crippen molar-refractivity contribution >= 4 is 17.6 Å². The quantitative estimate of drug-likeness (QED) is 0.870. The van der Waals surface area contributed by atoms with Gasteiger partial charge < -0.3 is 10.6 Å². The van der Waals surface area contributed by atoms with Crippen molar-refractivity contribution in [2.24, 2.45) is 0 Å². The van der Waals surface area contributed by atoms with E-state index < -0.39 is 23.7 Å². The molecule has 2 amide bonds. The normalized spacial score (nSPS) is 11.8. The Morgan fingerprint density at radius 1 is 1.14 bits per heavy atom. The number of halogens is 3. The van der Waals surface area contributed by atoms with Crippen LogP contribution in [0.3, 0.4) is 0 Å². The molecular weight excluding hydrogens is 310 g/mol. The van der Waals surface area contributed by atoms with E-state index in [1.807, 2.05) is 0 Å². The highest BCUT2D eigenvalue weighted by Crippen LogP contribution is 2.15. The zero-order valence-corrected chi connectivity index (χ0v) is 12.6. The van der Waals surface area contributed by atoms with Crippen molar-refractivity contribution in [3.8, 4) is 0 Å². The lowest BCUT2D eigenvalue weighted by Gasteiger charge is -2.15. The molecule has 22 heavy (non-hydrogen) atoms. The molecule has 0 aliphatic heterocycles. The maximum Gasteiger partial charge on any atom is 0.315 e. The lowest BCUT2D eigenvalue weighted by Crippen LogP contribution is -2.36. The molecule has 1 atom stereocenters. The highest BCUT2D eigenvalue weighted by molar-refractivity contribution is 6.30. The highest BCUT2D eigenvalue weighted by atomic mass is 35.5. The minimum absolute atomic E-state index is 0.341. The predicted octanol–water partition coefficient (Wildman–Crippen LogP) is 4.18. The van der Waals surface area contributed by atoms with Gasteiger partial charge in [0.1, 0.15) is 0 Å². The molecule has 0 spiro atoms. The fourth-order valence-electron chi connectivity index (χ4n) is 1.90. The zero-order valence-electron chi connectivity index (χ0n) is 11.9. The molecule has 0 heterocycles. The second-order valence-electron chi connectivity index (χ2n) is 4.85. The molecule has 2 aromatic carbocycles. The van der Waals surface area contributed by atoms with Crippen molar-refractivity contribution in [2.75, 3.05) is 0 Å². The lowest BCUT2D eigenvalue weighted by molar-refractivity contribution is 0.237. The third-order valence-electron chi connectivity index (χ3n) is 3.16. The minimum Gasteiger partial charge on any atom is -0.334 e. The van der Waals surface area contributed by atoms with Gasteiger partial charge in [0, 0.05) is 11.6 Å². The van der Waals surface area contributed by atoms with Crippen molar-refractivity contribution in [1.82, 2.24) is 10.6 Å².